The van der Waals surface area contributed by atoms with E-state index in [4.69, 9.17) is 12.2 Å². The van der Waals surface area contributed by atoms with Gasteiger partial charge in [0, 0.05) is 49.1 Å². The Labute approximate surface area is 292 Å². The van der Waals surface area contributed by atoms with Gasteiger partial charge in [-0.05, 0) is 48.7 Å². The van der Waals surface area contributed by atoms with Crippen molar-refractivity contribution in [3.63, 3.8) is 0 Å². The maximum Gasteiger partial charge on any atom is 0.318 e. The van der Waals surface area contributed by atoms with E-state index in [1.54, 1.807) is 26.7 Å². The lowest BCUT2D eigenvalue weighted by molar-refractivity contribution is -0.888. The molecule has 0 unspecified atom stereocenters. The zero-order chi connectivity index (χ0) is 31.9. The molecule has 2 N–H and O–H groups in total. The number of aromatic nitrogens is 2. The van der Waals surface area contributed by atoms with E-state index >= 15 is 0 Å². The van der Waals surface area contributed by atoms with Crippen LogP contribution >= 0.6 is 12.2 Å². The highest BCUT2D eigenvalue weighted by atomic mass is 127. The summed E-state index contributed by atoms with van der Waals surface area (Å²) < 4.78 is 2.65. The van der Waals surface area contributed by atoms with Crippen LogP contribution in [0.2, 0.25) is 0 Å². The number of fused-ring (bicyclic) bond motifs is 2. The van der Waals surface area contributed by atoms with Crippen LogP contribution in [0.3, 0.4) is 0 Å². The Bertz CT molecular complexity index is 1670. The van der Waals surface area contributed by atoms with Crippen LogP contribution in [-0.2, 0) is 24.9 Å². The number of quaternary nitrogens is 1. The third kappa shape index (κ3) is 6.76. The number of nitrogens with zero attached hydrogens (tertiary/aromatic N) is 6. The molecule has 4 amide bonds. The number of nitrogens with one attached hydrogen (secondary N) is 2. The van der Waals surface area contributed by atoms with Gasteiger partial charge in [0.25, 0.3) is 11.8 Å². The van der Waals surface area contributed by atoms with Gasteiger partial charge in [-0.1, -0.05) is 30.4 Å². The molecule has 13 heteroatoms. The Hall–Kier alpha value is -3.56. The number of amides is 4. The minimum atomic E-state index is -0.707. The Morgan fingerprint density at radius 2 is 1.87 bits per heavy atom. The van der Waals surface area contributed by atoms with E-state index in [-0.39, 0.29) is 48.4 Å². The van der Waals surface area contributed by atoms with E-state index in [1.807, 2.05) is 55.3 Å². The van der Waals surface area contributed by atoms with E-state index in [0.717, 1.165) is 57.9 Å². The van der Waals surface area contributed by atoms with Crippen LogP contribution < -0.4 is 39.5 Å². The lowest BCUT2D eigenvalue weighted by atomic mass is 10.0. The van der Waals surface area contributed by atoms with Crippen LogP contribution in [-0.4, -0.2) is 99.6 Å². The number of thiocarbonyl (C=S) groups is 1. The molecular weight excluding hydrogens is 715 g/mol. The molecule has 6 rings (SSSR count). The fourth-order valence-corrected chi connectivity index (χ4v) is 6.77. The summed E-state index contributed by atoms with van der Waals surface area (Å²) in [5.41, 5.74) is 4.89. The third-order valence-electron chi connectivity index (χ3n) is 9.24. The standard InChI is InChI=1S/C33H40N8O3S.HI/c1-22-18-23(31(42)40-21-25-20-35-37(2)30(25)36-26-8-5-6-9-27(26)40)10-11-24(22)19-34-33(44)39-14-12-28(45)29(39)32(43)38-13-7-16-41(3,4)17-15-38;/h5-6,8-11,18,20,29H,7,12-17,19,21H2,1-4H3,(H-,34,35,36,44);1H/t29-;/m0./s1. The van der Waals surface area contributed by atoms with Crippen LogP contribution in [0.5, 0.6) is 0 Å². The predicted octanol–water partition coefficient (Wildman–Crippen LogP) is 0.599. The number of aryl methyl sites for hydroxylation is 2. The number of rotatable bonds is 4. The van der Waals surface area contributed by atoms with Gasteiger partial charge in [0.1, 0.15) is 11.9 Å². The van der Waals surface area contributed by atoms with Gasteiger partial charge in [0.15, 0.2) is 0 Å². The molecule has 0 bridgehead atoms. The van der Waals surface area contributed by atoms with Gasteiger partial charge in [-0.3, -0.25) is 14.3 Å². The summed E-state index contributed by atoms with van der Waals surface area (Å²) >= 11 is 5.59. The zero-order valence-corrected chi connectivity index (χ0v) is 29.7. The molecule has 0 spiro atoms. The second-order valence-electron chi connectivity index (χ2n) is 12.8. The van der Waals surface area contributed by atoms with Crippen molar-refractivity contribution < 1.29 is 42.8 Å². The number of para-hydroxylation sites is 2. The van der Waals surface area contributed by atoms with E-state index in [2.05, 4.69) is 29.8 Å². The number of hydrogen-bond donors (Lipinski definition) is 2. The van der Waals surface area contributed by atoms with Crippen molar-refractivity contribution in [1.29, 1.82) is 0 Å². The normalized spacial score (nSPS) is 18.8. The van der Waals surface area contributed by atoms with Crippen molar-refractivity contribution in [2.24, 2.45) is 7.05 Å². The molecule has 3 aromatic rings. The number of carbonyl (C=O) groups excluding carboxylic acids is 3. The van der Waals surface area contributed by atoms with E-state index in [9.17, 15) is 14.4 Å². The van der Waals surface area contributed by atoms with Crippen molar-refractivity contribution in [3.05, 3.63) is 70.9 Å². The first-order valence-corrected chi connectivity index (χ1v) is 15.9. The fourth-order valence-electron chi connectivity index (χ4n) is 6.45. The average molecular weight is 757 g/mol. The highest BCUT2D eigenvalue weighted by molar-refractivity contribution is 7.80. The second kappa shape index (κ2) is 13.7. The monoisotopic (exact) mass is 756 g/mol. The molecular formula is C33H41IN8O3S. The summed E-state index contributed by atoms with van der Waals surface area (Å²) in [6.45, 7) is 6.25. The molecule has 2 saturated heterocycles. The van der Waals surface area contributed by atoms with E-state index in [0.29, 0.717) is 43.0 Å². The number of anilines is 3. The van der Waals surface area contributed by atoms with Crippen LogP contribution in [0, 0.1) is 6.92 Å². The van der Waals surface area contributed by atoms with Gasteiger partial charge in [-0.2, -0.15) is 5.10 Å². The van der Waals surface area contributed by atoms with Crippen LogP contribution in [0.1, 0.15) is 39.9 Å². The second-order valence-corrected chi connectivity index (χ2v) is 13.4. The first kappa shape index (κ1) is 33.8. The Balaban J connectivity index is 0.00000417. The van der Waals surface area contributed by atoms with Crippen LogP contribution in [0.25, 0.3) is 0 Å². The predicted molar refractivity (Wildman–Crippen MR) is 178 cm³/mol. The van der Waals surface area contributed by atoms with Gasteiger partial charge in [-0.25, -0.2) is 4.79 Å². The molecule has 2 fully saturated rings. The minimum Gasteiger partial charge on any atom is -1.00 e. The maximum atomic E-state index is 13.9. The molecule has 3 aliphatic rings. The van der Waals surface area contributed by atoms with Crippen molar-refractivity contribution in [2.75, 3.05) is 57.0 Å². The van der Waals surface area contributed by atoms with Gasteiger partial charge in [0.05, 0.1) is 57.8 Å². The Kier molecular flexibility index (Phi) is 10.0. The van der Waals surface area contributed by atoms with Crippen molar-refractivity contribution in [3.8, 4) is 0 Å². The first-order valence-electron chi connectivity index (χ1n) is 15.5. The molecule has 244 valence electrons. The molecule has 2 aromatic carbocycles. The number of hydrogen-bond acceptors (Lipinski definition) is 6. The topological polar surface area (TPSA) is 103 Å². The smallest absolute Gasteiger partial charge is 0.318 e. The molecule has 4 heterocycles. The SMILES string of the molecule is Cc1cc(C(=O)N2Cc3cnn(C)c3Nc3ccccc32)ccc1CNC(=O)N1CCC(=S)[C@H]1C(=O)N1CCC[N+](C)(C)CC1.[I-]. The van der Waals surface area contributed by atoms with Crippen molar-refractivity contribution in [1.82, 2.24) is 24.9 Å². The van der Waals surface area contributed by atoms with Gasteiger partial charge < -0.3 is 53.8 Å². The highest BCUT2D eigenvalue weighted by Gasteiger charge is 2.41. The molecule has 1 atom stereocenters. The average Bonchev–Trinajstić information content (AvgIpc) is 3.44. The van der Waals surface area contributed by atoms with Gasteiger partial charge >= 0.3 is 6.03 Å². The molecule has 0 aliphatic carbocycles. The summed E-state index contributed by atoms with van der Waals surface area (Å²) in [7, 11) is 6.24. The third-order valence-corrected chi connectivity index (χ3v) is 9.67. The van der Waals surface area contributed by atoms with Gasteiger partial charge in [0.2, 0.25) is 0 Å². The van der Waals surface area contributed by atoms with E-state index < -0.39 is 6.04 Å². The number of likely N-dealkylation sites (N-methyl/N-ethyl adjacent to an activating group) is 1. The number of carbonyl (C=O) groups is 3. The minimum absolute atomic E-state index is 0. The lowest BCUT2D eigenvalue weighted by Gasteiger charge is -2.30. The van der Waals surface area contributed by atoms with Crippen LogP contribution in [0.15, 0.2) is 48.7 Å². The molecule has 0 radical (unpaired) electrons. The molecule has 46 heavy (non-hydrogen) atoms. The van der Waals surface area contributed by atoms with Crippen molar-refractivity contribution in [2.45, 2.75) is 38.9 Å². The summed E-state index contributed by atoms with van der Waals surface area (Å²) in [4.78, 5) is 46.7. The lowest BCUT2D eigenvalue weighted by Crippen LogP contribution is -3.00. The first-order chi connectivity index (χ1) is 21.5. The maximum absolute atomic E-state index is 13.9. The van der Waals surface area contributed by atoms with Gasteiger partial charge in [-0.15, -0.1) is 0 Å². The summed E-state index contributed by atoms with van der Waals surface area (Å²) in [6, 6.07) is 12.3. The summed E-state index contributed by atoms with van der Waals surface area (Å²) in [5.74, 6) is 0.664. The Morgan fingerprint density at radius 1 is 1.09 bits per heavy atom. The van der Waals surface area contributed by atoms with Crippen LogP contribution in [0.4, 0.5) is 22.0 Å². The number of halogens is 1. The molecule has 1 aromatic heterocycles. The number of benzene rings is 2. The molecule has 0 saturated carbocycles. The fraction of sp³-hybridized carbons (Fsp3) is 0.424. The summed E-state index contributed by atoms with van der Waals surface area (Å²) in [6.07, 6.45) is 3.25. The summed E-state index contributed by atoms with van der Waals surface area (Å²) in [5, 5.41) is 10.8. The Morgan fingerprint density at radius 3 is 2.65 bits per heavy atom. The van der Waals surface area contributed by atoms with E-state index in [1.165, 1.54) is 0 Å². The molecule has 3 aliphatic heterocycles. The quantitative estimate of drug-likeness (QED) is 0.230. The van der Waals surface area contributed by atoms with Crippen molar-refractivity contribution >= 4 is 52.1 Å². The highest BCUT2D eigenvalue weighted by Crippen LogP contribution is 2.36. The molecule has 11 nitrogen and oxygen atoms in total. The zero-order valence-electron chi connectivity index (χ0n) is 26.8. The largest absolute Gasteiger partial charge is 1.00 e. The number of urea groups is 1. The number of likely N-dealkylation sites (tertiary alicyclic amines) is 1.